The highest BCUT2D eigenvalue weighted by molar-refractivity contribution is 4.99. The molecule has 3 heteroatoms. The van der Waals surface area contributed by atoms with E-state index in [1.807, 2.05) is 0 Å². The summed E-state index contributed by atoms with van der Waals surface area (Å²) in [6.07, 6.45) is 9.47. The van der Waals surface area contributed by atoms with Gasteiger partial charge >= 0.3 is 0 Å². The van der Waals surface area contributed by atoms with Crippen LogP contribution in [0.2, 0.25) is 0 Å². The van der Waals surface area contributed by atoms with Crippen LogP contribution in [-0.4, -0.2) is 49.8 Å². The second kappa shape index (κ2) is 5.48. The number of ether oxygens (including phenoxy) is 1. The monoisotopic (exact) mass is 252 g/mol. The number of morpholine rings is 1. The van der Waals surface area contributed by atoms with Crippen LogP contribution in [0.15, 0.2) is 0 Å². The van der Waals surface area contributed by atoms with E-state index in [4.69, 9.17) is 4.74 Å². The standard InChI is InChI=1S/C15H28N2O/c1-17-9-3-6-15(7-10-17)14(16-8-11-18-15)12-13-4-2-5-13/h13-14,16H,2-12H2,1H3. The fraction of sp³-hybridized carbons (Fsp3) is 1.00. The summed E-state index contributed by atoms with van der Waals surface area (Å²) in [5.74, 6) is 0.974. The molecule has 2 saturated heterocycles. The van der Waals surface area contributed by atoms with Crippen LogP contribution in [0.25, 0.3) is 0 Å². The Balaban J connectivity index is 1.68. The van der Waals surface area contributed by atoms with Crippen molar-refractivity contribution >= 4 is 0 Å². The fourth-order valence-corrected chi connectivity index (χ4v) is 3.89. The predicted octanol–water partition coefficient (Wildman–Crippen LogP) is 2.02. The van der Waals surface area contributed by atoms with Crippen LogP contribution in [0.5, 0.6) is 0 Å². The topological polar surface area (TPSA) is 24.5 Å². The Bertz CT molecular complexity index is 280. The molecule has 3 nitrogen and oxygen atoms in total. The lowest BCUT2D eigenvalue weighted by molar-refractivity contribution is -0.111. The van der Waals surface area contributed by atoms with Crippen LogP contribution >= 0.6 is 0 Å². The van der Waals surface area contributed by atoms with Crippen LogP contribution in [0.3, 0.4) is 0 Å². The van der Waals surface area contributed by atoms with Crippen molar-refractivity contribution in [3.8, 4) is 0 Å². The van der Waals surface area contributed by atoms with Crippen molar-refractivity contribution in [2.24, 2.45) is 5.92 Å². The molecular weight excluding hydrogens is 224 g/mol. The van der Waals surface area contributed by atoms with Gasteiger partial charge in [0.2, 0.25) is 0 Å². The van der Waals surface area contributed by atoms with E-state index in [1.54, 1.807) is 0 Å². The summed E-state index contributed by atoms with van der Waals surface area (Å²) in [5, 5.41) is 3.78. The zero-order chi connectivity index (χ0) is 12.4. The highest BCUT2D eigenvalue weighted by Gasteiger charge is 2.43. The van der Waals surface area contributed by atoms with Gasteiger partial charge in [-0.25, -0.2) is 0 Å². The Morgan fingerprint density at radius 3 is 2.89 bits per heavy atom. The summed E-state index contributed by atoms with van der Waals surface area (Å²) in [4.78, 5) is 2.47. The second-order valence-corrected chi connectivity index (χ2v) is 6.61. The SMILES string of the molecule is CN1CCCC2(CC1)OCCNC2CC1CCC1. The highest BCUT2D eigenvalue weighted by atomic mass is 16.5. The average Bonchev–Trinajstić information content (AvgIpc) is 2.50. The maximum Gasteiger partial charge on any atom is 0.0848 e. The Morgan fingerprint density at radius 1 is 1.22 bits per heavy atom. The Morgan fingerprint density at radius 2 is 2.11 bits per heavy atom. The Hall–Kier alpha value is -0.120. The lowest BCUT2D eigenvalue weighted by Gasteiger charge is -2.46. The van der Waals surface area contributed by atoms with Gasteiger partial charge in [0, 0.05) is 19.1 Å². The van der Waals surface area contributed by atoms with Crippen LogP contribution in [0.1, 0.15) is 44.9 Å². The molecule has 1 aliphatic carbocycles. The molecular formula is C15H28N2O. The molecule has 1 saturated carbocycles. The number of hydrogen-bond donors (Lipinski definition) is 1. The van der Waals surface area contributed by atoms with E-state index < -0.39 is 0 Å². The minimum atomic E-state index is 0.151. The molecule has 0 aromatic carbocycles. The van der Waals surface area contributed by atoms with Gasteiger partial charge < -0.3 is 15.0 Å². The average molecular weight is 252 g/mol. The lowest BCUT2D eigenvalue weighted by atomic mass is 9.74. The summed E-state index contributed by atoms with van der Waals surface area (Å²) in [7, 11) is 2.25. The lowest BCUT2D eigenvalue weighted by Crippen LogP contribution is -2.59. The Labute approximate surface area is 111 Å². The van der Waals surface area contributed by atoms with Crippen molar-refractivity contribution in [3.05, 3.63) is 0 Å². The van der Waals surface area contributed by atoms with Gasteiger partial charge in [0.25, 0.3) is 0 Å². The molecule has 3 rings (SSSR count). The molecule has 3 aliphatic rings. The summed E-state index contributed by atoms with van der Waals surface area (Å²) in [6.45, 7) is 4.39. The highest BCUT2D eigenvalue weighted by Crippen LogP contribution is 2.38. The van der Waals surface area contributed by atoms with E-state index in [9.17, 15) is 0 Å². The first-order chi connectivity index (χ1) is 8.78. The predicted molar refractivity (Wildman–Crippen MR) is 73.8 cm³/mol. The molecule has 0 amide bonds. The molecule has 2 unspecified atom stereocenters. The molecule has 104 valence electrons. The van der Waals surface area contributed by atoms with E-state index in [1.165, 1.54) is 58.0 Å². The number of nitrogens with one attached hydrogen (secondary N) is 1. The third kappa shape index (κ3) is 2.59. The first-order valence-corrected chi connectivity index (χ1v) is 7.84. The van der Waals surface area contributed by atoms with Crippen molar-refractivity contribution < 1.29 is 4.74 Å². The number of likely N-dealkylation sites (tertiary alicyclic amines) is 1. The van der Waals surface area contributed by atoms with Crippen molar-refractivity contribution in [2.75, 3.05) is 33.3 Å². The zero-order valence-corrected chi connectivity index (χ0v) is 11.8. The van der Waals surface area contributed by atoms with Crippen LogP contribution in [0, 0.1) is 5.92 Å². The van der Waals surface area contributed by atoms with Gasteiger partial charge in [-0.15, -0.1) is 0 Å². The van der Waals surface area contributed by atoms with Crippen LogP contribution < -0.4 is 5.32 Å². The normalized spacial score (nSPS) is 39.5. The molecule has 1 N–H and O–H groups in total. The second-order valence-electron chi connectivity index (χ2n) is 6.61. The molecule has 2 heterocycles. The van der Waals surface area contributed by atoms with Gasteiger partial charge in [0.15, 0.2) is 0 Å². The zero-order valence-electron chi connectivity index (χ0n) is 11.8. The molecule has 0 bridgehead atoms. The molecule has 0 aromatic heterocycles. The van der Waals surface area contributed by atoms with Gasteiger partial charge in [0.1, 0.15) is 0 Å². The van der Waals surface area contributed by atoms with E-state index >= 15 is 0 Å². The van der Waals surface area contributed by atoms with Gasteiger partial charge in [-0.1, -0.05) is 19.3 Å². The van der Waals surface area contributed by atoms with Crippen molar-refractivity contribution in [3.63, 3.8) is 0 Å². The van der Waals surface area contributed by atoms with E-state index in [0.29, 0.717) is 6.04 Å². The molecule has 0 radical (unpaired) electrons. The first-order valence-electron chi connectivity index (χ1n) is 7.84. The number of hydrogen-bond acceptors (Lipinski definition) is 3. The third-order valence-corrected chi connectivity index (χ3v) is 5.37. The number of nitrogens with zero attached hydrogens (tertiary/aromatic N) is 1. The molecule has 18 heavy (non-hydrogen) atoms. The molecule has 2 atom stereocenters. The first kappa shape index (κ1) is 12.9. The Kier molecular flexibility index (Phi) is 3.92. The smallest absolute Gasteiger partial charge is 0.0848 e. The van der Waals surface area contributed by atoms with Crippen molar-refractivity contribution in [2.45, 2.75) is 56.6 Å². The van der Waals surface area contributed by atoms with Crippen molar-refractivity contribution in [1.29, 1.82) is 0 Å². The molecule has 3 fully saturated rings. The van der Waals surface area contributed by atoms with Gasteiger partial charge in [-0.05, 0) is 45.2 Å². The minimum absolute atomic E-state index is 0.151. The van der Waals surface area contributed by atoms with Gasteiger partial charge in [-0.3, -0.25) is 0 Å². The minimum Gasteiger partial charge on any atom is -0.372 e. The molecule has 1 spiro atoms. The summed E-state index contributed by atoms with van der Waals surface area (Å²) >= 11 is 0. The maximum atomic E-state index is 6.33. The largest absolute Gasteiger partial charge is 0.372 e. The van der Waals surface area contributed by atoms with Gasteiger partial charge in [-0.2, -0.15) is 0 Å². The third-order valence-electron chi connectivity index (χ3n) is 5.37. The van der Waals surface area contributed by atoms with E-state index in [0.717, 1.165) is 19.1 Å². The van der Waals surface area contributed by atoms with Gasteiger partial charge in [0.05, 0.1) is 12.2 Å². The summed E-state index contributed by atoms with van der Waals surface area (Å²) in [6, 6.07) is 0.614. The van der Waals surface area contributed by atoms with E-state index in [2.05, 4.69) is 17.3 Å². The maximum absolute atomic E-state index is 6.33. The van der Waals surface area contributed by atoms with Crippen molar-refractivity contribution in [1.82, 2.24) is 10.2 Å². The quantitative estimate of drug-likeness (QED) is 0.814. The summed E-state index contributed by atoms with van der Waals surface area (Å²) in [5.41, 5.74) is 0.151. The number of rotatable bonds is 2. The fourth-order valence-electron chi connectivity index (χ4n) is 3.89. The van der Waals surface area contributed by atoms with E-state index in [-0.39, 0.29) is 5.60 Å². The van der Waals surface area contributed by atoms with Crippen LogP contribution in [-0.2, 0) is 4.74 Å². The molecule has 2 aliphatic heterocycles. The van der Waals surface area contributed by atoms with Crippen LogP contribution in [0.4, 0.5) is 0 Å². The molecule has 0 aromatic rings. The summed E-state index contributed by atoms with van der Waals surface area (Å²) < 4.78 is 6.33.